The molecule has 3 aromatic rings. The van der Waals surface area contributed by atoms with Gasteiger partial charge >= 0.3 is 0 Å². The Labute approximate surface area is 124 Å². The van der Waals surface area contributed by atoms with E-state index in [1.807, 2.05) is 60.1 Å². The lowest BCUT2D eigenvalue weighted by Gasteiger charge is -2.05. The maximum atomic E-state index is 5.90. The molecule has 2 aromatic carbocycles. The molecule has 0 saturated carbocycles. The Balaban J connectivity index is 2.08. The van der Waals surface area contributed by atoms with E-state index < -0.39 is 0 Å². The van der Waals surface area contributed by atoms with Crippen LogP contribution in [0.25, 0.3) is 17.1 Å². The second-order valence-electron chi connectivity index (χ2n) is 4.46. The Morgan fingerprint density at radius 1 is 1.05 bits per heavy atom. The SMILES string of the molecule is Cc1nc(-c2ccc(Cl)cc2)nn1-c1ccccc1P. The van der Waals surface area contributed by atoms with Gasteiger partial charge in [-0.05, 0) is 42.6 Å². The topological polar surface area (TPSA) is 30.7 Å². The molecule has 0 amide bonds. The van der Waals surface area contributed by atoms with Gasteiger partial charge in [0.05, 0.1) is 5.69 Å². The Kier molecular flexibility index (Phi) is 3.56. The highest BCUT2D eigenvalue weighted by Crippen LogP contribution is 2.20. The van der Waals surface area contributed by atoms with Gasteiger partial charge in [-0.3, -0.25) is 0 Å². The van der Waals surface area contributed by atoms with Crippen LogP contribution in [0.3, 0.4) is 0 Å². The molecule has 0 aliphatic carbocycles. The van der Waals surface area contributed by atoms with Gasteiger partial charge in [0.2, 0.25) is 0 Å². The highest BCUT2D eigenvalue weighted by molar-refractivity contribution is 7.27. The molecule has 0 radical (unpaired) electrons. The molecule has 5 heteroatoms. The van der Waals surface area contributed by atoms with Crippen molar-refractivity contribution in [3.8, 4) is 17.1 Å². The number of aryl methyl sites for hydroxylation is 1. The summed E-state index contributed by atoms with van der Waals surface area (Å²) in [4.78, 5) is 4.53. The van der Waals surface area contributed by atoms with Crippen LogP contribution in [-0.2, 0) is 0 Å². The molecule has 3 rings (SSSR count). The van der Waals surface area contributed by atoms with E-state index in [9.17, 15) is 0 Å². The Hall–Kier alpha value is -1.70. The second-order valence-corrected chi connectivity index (χ2v) is 5.52. The van der Waals surface area contributed by atoms with Crippen LogP contribution in [0.5, 0.6) is 0 Å². The maximum absolute atomic E-state index is 5.90. The quantitative estimate of drug-likeness (QED) is 0.679. The highest BCUT2D eigenvalue weighted by atomic mass is 35.5. The molecule has 0 bridgehead atoms. The van der Waals surface area contributed by atoms with Crippen molar-refractivity contribution in [3.05, 3.63) is 59.4 Å². The maximum Gasteiger partial charge on any atom is 0.181 e. The van der Waals surface area contributed by atoms with Crippen molar-refractivity contribution in [2.45, 2.75) is 6.92 Å². The molecule has 1 aromatic heterocycles. The molecule has 20 heavy (non-hydrogen) atoms. The average Bonchev–Trinajstić information content (AvgIpc) is 2.82. The minimum atomic E-state index is 0.701. The molecule has 1 heterocycles. The number of nitrogens with zero attached hydrogens (tertiary/aromatic N) is 3. The highest BCUT2D eigenvalue weighted by Gasteiger charge is 2.11. The fraction of sp³-hybridized carbons (Fsp3) is 0.0667. The van der Waals surface area contributed by atoms with E-state index in [-0.39, 0.29) is 0 Å². The summed E-state index contributed by atoms with van der Waals surface area (Å²) in [5.41, 5.74) is 1.97. The van der Waals surface area contributed by atoms with Crippen molar-refractivity contribution in [3.63, 3.8) is 0 Å². The van der Waals surface area contributed by atoms with Crippen LogP contribution < -0.4 is 5.30 Å². The first kappa shape index (κ1) is 13.3. The van der Waals surface area contributed by atoms with Crippen LogP contribution in [0, 0.1) is 6.92 Å². The van der Waals surface area contributed by atoms with Gasteiger partial charge in [-0.2, -0.15) is 0 Å². The number of aromatic nitrogens is 3. The van der Waals surface area contributed by atoms with Crippen LogP contribution in [0.4, 0.5) is 0 Å². The summed E-state index contributed by atoms with van der Waals surface area (Å²) in [6, 6.07) is 15.6. The zero-order chi connectivity index (χ0) is 14.1. The number of benzene rings is 2. The standard InChI is InChI=1S/C15H13ClN3P/c1-10-17-15(11-6-8-12(16)9-7-11)18-19(10)13-4-2-3-5-14(13)20/h2-9H,20H2,1H3. The monoisotopic (exact) mass is 301 g/mol. The van der Waals surface area contributed by atoms with Crippen LogP contribution in [-0.4, -0.2) is 14.8 Å². The zero-order valence-electron chi connectivity index (χ0n) is 10.9. The van der Waals surface area contributed by atoms with Gasteiger partial charge in [0.1, 0.15) is 5.82 Å². The van der Waals surface area contributed by atoms with Gasteiger partial charge in [-0.1, -0.05) is 29.8 Å². The Morgan fingerprint density at radius 2 is 1.75 bits per heavy atom. The summed E-state index contributed by atoms with van der Waals surface area (Å²) in [5.74, 6) is 1.55. The molecule has 0 saturated heterocycles. The van der Waals surface area contributed by atoms with Gasteiger partial charge in [-0.15, -0.1) is 14.3 Å². The fourth-order valence-electron chi connectivity index (χ4n) is 2.02. The van der Waals surface area contributed by atoms with Crippen molar-refractivity contribution in [1.29, 1.82) is 0 Å². The lowest BCUT2D eigenvalue weighted by Crippen LogP contribution is -2.08. The Bertz CT molecular complexity index is 750. The first-order valence-corrected chi connectivity index (χ1v) is 7.15. The molecule has 3 nitrogen and oxygen atoms in total. The molecule has 1 unspecified atom stereocenters. The van der Waals surface area contributed by atoms with E-state index >= 15 is 0 Å². The predicted molar refractivity (Wildman–Crippen MR) is 85.9 cm³/mol. The number of rotatable bonds is 2. The summed E-state index contributed by atoms with van der Waals surface area (Å²) in [7, 11) is 2.72. The molecule has 0 fully saturated rings. The number of halogens is 1. The minimum Gasteiger partial charge on any atom is -0.217 e. The average molecular weight is 302 g/mol. The van der Waals surface area contributed by atoms with Gasteiger partial charge in [-0.25, -0.2) is 9.67 Å². The van der Waals surface area contributed by atoms with E-state index in [1.165, 1.54) is 0 Å². The molecular formula is C15H13ClN3P. The van der Waals surface area contributed by atoms with E-state index in [0.29, 0.717) is 10.8 Å². The van der Waals surface area contributed by atoms with Crippen molar-refractivity contribution in [2.24, 2.45) is 0 Å². The molecule has 0 aliphatic rings. The van der Waals surface area contributed by atoms with Gasteiger partial charge < -0.3 is 0 Å². The smallest absolute Gasteiger partial charge is 0.181 e. The van der Waals surface area contributed by atoms with Crippen LogP contribution in [0.1, 0.15) is 5.82 Å². The lowest BCUT2D eigenvalue weighted by atomic mass is 10.2. The number of hydrogen-bond donors (Lipinski definition) is 0. The minimum absolute atomic E-state index is 0.701. The normalized spacial score (nSPS) is 10.8. The van der Waals surface area contributed by atoms with Crippen molar-refractivity contribution in [1.82, 2.24) is 14.8 Å². The zero-order valence-corrected chi connectivity index (χ0v) is 12.8. The molecule has 0 aliphatic heterocycles. The van der Waals surface area contributed by atoms with Crippen molar-refractivity contribution >= 4 is 26.1 Å². The molecule has 1 atom stereocenters. The van der Waals surface area contributed by atoms with Crippen molar-refractivity contribution in [2.75, 3.05) is 0 Å². The third-order valence-electron chi connectivity index (χ3n) is 3.04. The van der Waals surface area contributed by atoms with Gasteiger partial charge in [0, 0.05) is 10.6 Å². The number of hydrogen-bond acceptors (Lipinski definition) is 2. The first-order chi connectivity index (χ1) is 9.65. The largest absolute Gasteiger partial charge is 0.217 e. The summed E-state index contributed by atoms with van der Waals surface area (Å²) in [6.07, 6.45) is 0. The van der Waals surface area contributed by atoms with E-state index in [2.05, 4.69) is 19.3 Å². The Morgan fingerprint density at radius 3 is 2.45 bits per heavy atom. The van der Waals surface area contributed by atoms with Crippen LogP contribution in [0.15, 0.2) is 48.5 Å². The van der Waals surface area contributed by atoms with Gasteiger partial charge in [0.25, 0.3) is 0 Å². The summed E-state index contributed by atoms with van der Waals surface area (Å²) >= 11 is 5.90. The van der Waals surface area contributed by atoms with Crippen LogP contribution >= 0.6 is 20.8 Å². The van der Waals surface area contributed by atoms with E-state index in [1.54, 1.807) is 0 Å². The first-order valence-electron chi connectivity index (χ1n) is 6.19. The lowest BCUT2D eigenvalue weighted by molar-refractivity contribution is 0.847. The second kappa shape index (κ2) is 5.35. The number of para-hydroxylation sites is 1. The summed E-state index contributed by atoms with van der Waals surface area (Å²) in [5, 5.41) is 6.38. The fourth-order valence-corrected chi connectivity index (χ4v) is 2.48. The molecule has 0 N–H and O–H groups in total. The summed E-state index contributed by atoms with van der Waals surface area (Å²) in [6.45, 7) is 1.95. The third-order valence-corrected chi connectivity index (χ3v) is 3.78. The van der Waals surface area contributed by atoms with E-state index in [4.69, 9.17) is 11.6 Å². The molecule has 0 spiro atoms. The van der Waals surface area contributed by atoms with Crippen molar-refractivity contribution < 1.29 is 0 Å². The predicted octanol–water partition coefficient (Wildman–Crippen LogP) is 3.40. The summed E-state index contributed by atoms with van der Waals surface area (Å²) < 4.78 is 1.85. The van der Waals surface area contributed by atoms with Gasteiger partial charge in [0.15, 0.2) is 5.82 Å². The third kappa shape index (κ3) is 2.47. The van der Waals surface area contributed by atoms with Crippen LogP contribution in [0.2, 0.25) is 5.02 Å². The molecule has 100 valence electrons. The van der Waals surface area contributed by atoms with E-state index in [0.717, 1.165) is 22.4 Å². The molecular weight excluding hydrogens is 289 g/mol.